The number of nitrogens with one attached hydrogen (secondary N) is 1. The average molecular weight is 496 g/mol. The molecule has 0 aliphatic heterocycles. The number of fused-ring (bicyclic) bond motifs is 1. The van der Waals surface area contributed by atoms with Crippen LogP contribution in [0.3, 0.4) is 0 Å². The Hall–Kier alpha value is -4.11. The highest BCUT2D eigenvalue weighted by Gasteiger charge is 2.23. The number of nitrogens with zero attached hydrogens (tertiary/aromatic N) is 6. The zero-order chi connectivity index (χ0) is 23.0. The fourth-order valence-corrected chi connectivity index (χ4v) is 3.73. The lowest BCUT2D eigenvalue weighted by Gasteiger charge is -2.21. The maximum atomic E-state index is 14.6. The Labute approximate surface area is 188 Å². The number of hydrogen-bond acceptors (Lipinski definition) is 9. The van der Waals surface area contributed by atoms with E-state index < -0.39 is 17.4 Å². The number of nitrogens with two attached hydrogens (primary N) is 2. The van der Waals surface area contributed by atoms with E-state index in [1.807, 2.05) is 6.07 Å². The van der Waals surface area contributed by atoms with Gasteiger partial charge >= 0.3 is 0 Å². The third kappa shape index (κ3) is 3.58. The second-order valence-corrected chi connectivity index (χ2v) is 7.60. The predicted octanol–water partition coefficient (Wildman–Crippen LogP) is 2.68. The van der Waals surface area contributed by atoms with Gasteiger partial charge in [-0.15, -0.1) is 0 Å². The Morgan fingerprint density at radius 2 is 2.03 bits per heavy atom. The first-order valence-electron chi connectivity index (χ1n) is 9.22. The van der Waals surface area contributed by atoms with Gasteiger partial charge in [-0.1, -0.05) is 0 Å². The topological polar surface area (TPSA) is 161 Å². The van der Waals surface area contributed by atoms with Crippen LogP contribution in [0.25, 0.3) is 16.6 Å². The summed E-state index contributed by atoms with van der Waals surface area (Å²) >= 11 is 3.31. The molecule has 12 heteroatoms. The molecule has 0 fully saturated rings. The summed E-state index contributed by atoms with van der Waals surface area (Å²) in [4.78, 5) is 29.8. The SMILES string of the molecule is CC(Nc1nc(N)nc(N)c1C#N)c1nc2c(F)ccc(Br)c2c(=O)n1-c1cccnc1. The van der Waals surface area contributed by atoms with Gasteiger partial charge in [0.2, 0.25) is 5.95 Å². The van der Waals surface area contributed by atoms with Crippen LogP contribution in [-0.2, 0) is 0 Å². The van der Waals surface area contributed by atoms with Gasteiger partial charge in [0.1, 0.15) is 34.6 Å². The van der Waals surface area contributed by atoms with Gasteiger partial charge in [-0.3, -0.25) is 14.3 Å². The number of nitrogen functional groups attached to an aromatic ring is 2. The number of hydrogen-bond donors (Lipinski definition) is 3. The average Bonchev–Trinajstić information content (AvgIpc) is 2.76. The van der Waals surface area contributed by atoms with Crippen molar-refractivity contribution in [2.24, 2.45) is 0 Å². The number of anilines is 3. The van der Waals surface area contributed by atoms with Crippen molar-refractivity contribution < 1.29 is 4.39 Å². The lowest BCUT2D eigenvalue weighted by molar-refractivity contribution is 0.631. The minimum Gasteiger partial charge on any atom is -0.382 e. The second kappa shape index (κ2) is 8.20. The van der Waals surface area contributed by atoms with Crippen LogP contribution < -0.4 is 22.3 Å². The molecule has 4 rings (SSSR count). The minimum atomic E-state index is -0.730. The van der Waals surface area contributed by atoms with Gasteiger partial charge in [0.15, 0.2) is 5.82 Å². The maximum absolute atomic E-state index is 14.6. The van der Waals surface area contributed by atoms with Crippen molar-refractivity contribution in [2.75, 3.05) is 16.8 Å². The van der Waals surface area contributed by atoms with Gasteiger partial charge in [0.25, 0.3) is 5.56 Å². The van der Waals surface area contributed by atoms with Crippen LogP contribution in [0.5, 0.6) is 0 Å². The van der Waals surface area contributed by atoms with E-state index in [0.717, 1.165) is 0 Å². The molecule has 10 nitrogen and oxygen atoms in total. The molecule has 0 spiro atoms. The molecule has 160 valence electrons. The summed E-state index contributed by atoms with van der Waals surface area (Å²) < 4.78 is 16.3. The van der Waals surface area contributed by atoms with E-state index in [4.69, 9.17) is 11.5 Å². The van der Waals surface area contributed by atoms with Crippen molar-refractivity contribution >= 4 is 44.4 Å². The van der Waals surface area contributed by atoms with Gasteiger partial charge in [-0.2, -0.15) is 15.2 Å². The number of halogens is 2. The van der Waals surface area contributed by atoms with Gasteiger partial charge in [-0.05, 0) is 47.1 Å². The van der Waals surface area contributed by atoms with Crippen molar-refractivity contribution in [3.63, 3.8) is 0 Å². The Kier molecular flexibility index (Phi) is 5.41. The molecule has 1 atom stereocenters. The van der Waals surface area contributed by atoms with E-state index in [1.165, 1.54) is 22.9 Å². The van der Waals surface area contributed by atoms with Crippen molar-refractivity contribution in [1.29, 1.82) is 5.26 Å². The molecule has 0 aliphatic rings. The fraction of sp³-hybridized carbons (Fsp3) is 0.100. The highest BCUT2D eigenvalue weighted by Crippen LogP contribution is 2.27. The van der Waals surface area contributed by atoms with E-state index in [2.05, 4.69) is 41.2 Å². The summed E-state index contributed by atoms with van der Waals surface area (Å²) in [7, 11) is 0. The molecule has 1 unspecified atom stereocenters. The van der Waals surface area contributed by atoms with Crippen LogP contribution in [0.1, 0.15) is 24.4 Å². The van der Waals surface area contributed by atoms with Crippen molar-refractivity contribution in [3.8, 4) is 11.8 Å². The number of nitriles is 1. The predicted molar refractivity (Wildman–Crippen MR) is 120 cm³/mol. The van der Waals surface area contributed by atoms with E-state index in [9.17, 15) is 14.4 Å². The molecule has 3 aromatic heterocycles. The quantitative estimate of drug-likeness (QED) is 0.386. The van der Waals surface area contributed by atoms with Crippen molar-refractivity contribution in [2.45, 2.75) is 13.0 Å². The molecule has 0 amide bonds. The molecule has 1 aromatic carbocycles. The van der Waals surface area contributed by atoms with Gasteiger partial charge < -0.3 is 16.8 Å². The Morgan fingerprint density at radius 1 is 1.25 bits per heavy atom. The molecular formula is C20H15BrFN9O. The van der Waals surface area contributed by atoms with Crippen LogP contribution in [0, 0.1) is 17.1 Å². The summed E-state index contributed by atoms with van der Waals surface area (Å²) in [6.07, 6.45) is 3.05. The van der Waals surface area contributed by atoms with Crippen LogP contribution in [0.4, 0.5) is 22.0 Å². The maximum Gasteiger partial charge on any atom is 0.267 e. The minimum absolute atomic E-state index is 0.0176. The zero-order valence-corrected chi connectivity index (χ0v) is 18.1. The second-order valence-electron chi connectivity index (χ2n) is 6.74. The Bertz CT molecular complexity index is 1450. The molecule has 3 heterocycles. The molecule has 0 radical (unpaired) electrons. The summed E-state index contributed by atoms with van der Waals surface area (Å²) in [6.45, 7) is 1.67. The Morgan fingerprint density at radius 3 is 2.72 bits per heavy atom. The standard InChI is InChI=1S/C20H15BrFN9O/c1-9(27-17-11(7-23)16(24)29-20(25)30-17)18-28-15-13(22)5-4-12(21)14(15)19(32)31(18)10-3-2-6-26-8-10/h2-6,8-9H,1H3,(H5,24,25,27,29,30). The van der Waals surface area contributed by atoms with Gasteiger partial charge in [0, 0.05) is 10.7 Å². The van der Waals surface area contributed by atoms with E-state index >= 15 is 0 Å². The van der Waals surface area contributed by atoms with Crippen LogP contribution in [0.2, 0.25) is 0 Å². The number of aromatic nitrogens is 5. The molecular weight excluding hydrogens is 481 g/mol. The summed E-state index contributed by atoms with van der Waals surface area (Å²) in [5.41, 5.74) is 11.2. The van der Waals surface area contributed by atoms with Crippen LogP contribution >= 0.6 is 15.9 Å². The summed E-state index contributed by atoms with van der Waals surface area (Å²) in [5.74, 6) is -0.664. The molecule has 5 N–H and O–H groups in total. The first kappa shape index (κ1) is 21.1. The number of benzene rings is 1. The first-order valence-corrected chi connectivity index (χ1v) is 10.0. The highest BCUT2D eigenvalue weighted by atomic mass is 79.9. The number of pyridine rings is 1. The third-order valence-corrected chi connectivity index (χ3v) is 5.32. The molecule has 0 aliphatic carbocycles. The monoisotopic (exact) mass is 495 g/mol. The zero-order valence-electron chi connectivity index (χ0n) is 16.5. The molecule has 0 saturated heterocycles. The highest BCUT2D eigenvalue weighted by molar-refractivity contribution is 9.10. The lowest BCUT2D eigenvalue weighted by Crippen LogP contribution is -2.28. The van der Waals surface area contributed by atoms with Crippen LogP contribution in [-0.4, -0.2) is 24.5 Å². The van der Waals surface area contributed by atoms with E-state index in [-0.39, 0.29) is 39.9 Å². The van der Waals surface area contributed by atoms with Crippen LogP contribution in [0.15, 0.2) is 45.9 Å². The van der Waals surface area contributed by atoms with E-state index in [0.29, 0.717) is 10.2 Å². The number of rotatable bonds is 4. The molecule has 32 heavy (non-hydrogen) atoms. The lowest BCUT2D eigenvalue weighted by atomic mass is 10.2. The van der Waals surface area contributed by atoms with Gasteiger partial charge in [0.05, 0.1) is 23.3 Å². The summed E-state index contributed by atoms with van der Waals surface area (Å²) in [5, 5.41) is 12.5. The van der Waals surface area contributed by atoms with Crippen molar-refractivity contribution in [1.82, 2.24) is 24.5 Å². The largest absolute Gasteiger partial charge is 0.382 e. The molecule has 0 saturated carbocycles. The van der Waals surface area contributed by atoms with Gasteiger partial charge in [-0.25, -0.2) is 9.37 Å². The smallest absolute Gasteiger partial charge is 0.267 e. The first-order chi connectivity index (χ1) is 15.3. The van der Waals surface area contributed by atoms with E-state index in [1.54, 1.807) is 25.3 Å². The fourth-order valence-electron chi connectivity index (χ4n) is 3.24. The summed E-state index contributed by atoms with van der Waals surface area (Å²) in [6, 6.07) is 7.19. The third-order valence-electron chi connectivity index (χ3n) is 4.66. The molecule has 4 aromatic rings. The van der Waals surface area contributed by atoms with Crippen molar-refractivity contribution in [3.05, 3.63) is 68.7 Å². The molecule has 0 bridgehead atoms. The normalized spacial score (nSPS) is 11.8. The Balaban J connectivity index is 1.97.